The molecule has 24 heavy (non-hydrogen) atoms. The number of fused-ring (bicyclic) bond motifs is 8. The highest BCUT2D eigenvalue weighted by atomic mass is 16.5. The van der Waals surface area contributed by atoms with Crippen LogP contribution in [0.15, 0.2) is 42.5 Å². The number of hydrogen-bond donors (Lipinski definition) is 0. The molecule has 0 bridgehead atoms. The summed E-state index contributed by atoms with van der Waals surface area (Å²) in [4.78, 5) is 15.1. The van der Waals surface area contributed by atoms with E-state index in [2.05, 4.69) is 6.07 Å². The molecule has 2 aromatic carbocycles. The van der Waals surface area contributed by atoms with Gasteiger partial charge < -0.3 is 14.4 Å². The minimum absolute atomic E-state index is 0.0315. The van der Waals surface area contributed by atoms with Crippen molar-refractivity contribution in [1.82, 2.24) is 0 Å². The number of carbonyl (C=O) groups excluding carboxylic acids is 1. The lowest BCUT2D eigenvalue weighted by atomic mass is 9.77. The average Bonchev–Trinajstić information content (AvgIpc) is 2.95. The summed E-state index contributed by atoms with van der Waals surface area (Å²) in [7, 11) is 1.67. The van der Waals surface area contributed by atoms with Crippen molar-refractivity contribution in [1.29, 1.82) is 0 Å². The molecule has 0 N–H and O–H groups in total. The summed E-state index contributed by atoms with van der Waals surface area (Å²) in [6.07, 6.45) is 2.15. The highest BCUT2D eigenvalue weighted by Gasteiger charge is 2.50. The molecule has 4 heteroatoms. The Morgan fingerprint density at radius 1 is 1.17 bits per heavy atom. The Bertz CT molecular complexity index is 831. The fraction of sp³-hybridized carbons (Fsp3) is 0.350. The summed E-state index contributed by atoms with van der Waals surface area (Å²) in [6, 6.07) is 14.0. The fourth-order valence-electron chi connectivity index (χ4n) is 4.58. The molecule has 0 spiro atoms. The van der Waals surface area contributed by atoms with Crippen LogP contribution < -0.4 is 9.64 Å². The van der Waals surface area contributed by atoms with Gasteiger partial charge in [0, 0.05) is 23.7 Å². The molecule has 3 aliphatic rings. The zero-order valence-corrected chi connectivity index (χ0v) is 13.6. The third-order valence-corrected chi connectivity index (χ3v) is 5.58. The smallest absolute Gasteiger partial charge is 0.259 e. The number of amides is 1. The van der Waals surface area contributed by atoms with Crippen LogP contribution in [0.3, 0.4) is 0 Å². The first-order chi connectivity index (χ1) is 11.8. The van der Waals surface area contributed by atoms with E-state index in [1.807, 2.05) is 41.3 Å². The van der Waals surface area contributed by atoms with E-state index in [1.54, 1.807) is 7.11 Å². The SMILES string of the molecule is COc1ccc2c(c1)[C@@H]1OCCC[C@@H]1[C@H]1c3ccccc3C(=O)N21. The molecule has 0 aromatic heterocycles. The predicted octanol–water partition coefficient (Wildman–Crippen LogP) is 3.88. The third kappa shape index (κ3) is 1.75. The van der Waals surface area contributed by atoms with Gasteiger partial charge in [-0.15, -0.1) is 0 Å². The van der Waals surface area contributed by atoms with Crippen LogP contribution in [0.4, 0.5) is 5.69 Å². The summed E-state index contributed by atoms with van der Waals surface area (Å²) in [5.41, 5.74) is 4.02. The average molecular weight is 321 g/mol. The standard InChI is InChI=1S/C20H19NO3/c1-23-12-8-9-17-16(11-12)19-15(7-4-10-24-19)18-13-5-2-3-6-14(13)20(22)21(17)18/h2-3,5-6,8-9,11,15,18-19H,4,7,10H2,1H3/t15-,18-,19-/m1/s1. The molecule has 122 valence electrons. The number of rotatable bonds is 1. The van der Waals surface area contributed by atoms with Crippen LogP contribution in [0.5, 0.6) is 5.75 Å². The quantitative estimate of drug-likeness (QED) is 0.800. The number of ether oxygens (including phenoxy) is 2. The van der Waals surface area contributed by atoms with E-state index in [-0.39, 0.29) is 18.1 Å². The zero-order valence-electron chi connectivity index (χ0n) is 13.6. The van der Waals surface area contributed by atoms with E-state index < -0.39 is 0 Å². The number of benzene rings is 2. The van der Waals surface area contributed by atoms with Gasteiger partial charge in [-0.3, -0.25) is 4.79 Å². The second kappa shape index (κ2) is 5.08. The number of methoxy groups -OCH3 is 1. The van der Waals surface area contributed by atoms with Crippen molar-refractivity contribution >= 4 is 11.6 Å². The van der Waals surface area contributed by atoms with Gasteiger partial charge >= 0.3 is 0 Å². The van der Waals surface area contributed by atoms with Crippen LogP contribution in [0.2, 0.25) is 0 Å². The van der Waals surface area contributed by atoms with Gasteiger partial charge in [0.1, 0.15) is 5.75 Å². The van der Waals surface area contributed by atoms with E-state index in [0.717, 1.165) is 47.6 Å². The Balaban J connectivity index is 1.74. The monoisotopic (exact) mass is 321 g/mol. The van der Waals surface area contributed by atoms with Gasteiger partial charge in [-0.25, -0.2) is 0 Å². The molecule has 5 rings (SSSR count). The molecule has 3 heterocycles. The van der Waals surface area contributed by atoms with E-state index in [1.165, 1.54) is 0 Å². The molecule has 2 aromatic rings. The van der Waals surface area contributed by atoms with Crippen LogP contribution in [0.1, 0.15) is 46.5 Å². The summed E-state index contributed by atoms with van der Waals surface area (Å²) >= 11 is 0. The summed E-state index contributed by atoms with van der Waals surface area (Å²) in [5, 5.41) is 0. The third-order valence-electron chi connectivity index (χ3n) is 5.58. The number of hydrogen-bond acceptors (Lipinski definition) is 3. The van der Waals surface area contributed by atoms with Crippen molar-refractivity contribution < 1.29 is 14.3 Å². The first-order valence-electron chi connectivity index (χ1n) is 8.51. The van der Waals surface area contributed by atoms with Crippen molar-refractivity contribution in [2.24, 2.45) is 5.92 Å². The van der Waals surface area contributed by atoms with Gasteiger partial charge in [0.25, 0.3) is 5.91 Å². The Kier molecular flexibility index (Phi) is 2.98. The Morgan fingerprint density at radius 3 is 2.92 bits per heavy atom. The lowest BCUT2D eigenvalue weighted by Crippen LogP contribution is -2.42. The highest BCUT2D eigenvalue weighted by Crippen LogP contribution is 2.56. The van der Waals surface area contributed by atoms with E-state index in [9.17, 15) is 4.79 Å². The lowest BCUT2D eigenvalue weighted by Gasteiger charge is -2.45. The maximum Gasteiger partial charge on any atom is 0.259 e. The normalized spacial score (nSPS) is 27.1. The molecule has 1 saturated heterocycles. The molecular formula is C20H19NO3. The second-order valence-corrected chi connectivity index (χ2v) is 6.73. The largest absolute Gasteiger partial charge is 0.497 e. The number of carbonyl (C=O) groups is 1. The minimum Gasteiger partial charge on any atom is -0.497 e. The van der Waals surface area contributed by atoms with Crippen LogP contribution >= 0.6 is 0 Å². The first kappa shape index (κ1) is 14.1. The maximum atomic E-state index is 13.1. The summed E-state index contributed by atoms with van der Waals surface area (Å²) in [6.45, 7) is 0.778. The van der Waals surface area contributed by atoms with Gasteiger partial charge in [-0.2, -0.15) is 0 Å². The maximum absolute atomic E-state index is 13.1. The molecule has 1 fully saturated rings. The number of anilines is 1. The predicted molar refractivity (Wildman–Crippen MR) is 90.4 cm³/mol. The zero-order chi connectivity index (χ0) is 16.3. The van der Waals surface area contributed by atoms with Crippen molar-refractivity contribution in [3.8, 4) is 5.75 Å². The van der Waals surface area contributed by atoms with Crippen molar-refractivity contribution in [3.63, 3.8) is 0 Å². The summed E-state index contributed by atoms with van der Waals surface area (Å²) in [5.74, 6) is 1.21. The first-order valence-corrected chi connectivity index (χ1v) is 8.51. The fourth-order valence-corrected chi connectivity index (χ4v) is 4.58. The highest BCUT2D eigenvalue weighted by molar-refractivity contribution is 6.12. The van der Waals surface area contributed by atoms with Gasteiger partial charge in [0.05, 0.1) is 24.9 Å². The van der Waals surface area contributed by atoms with Crippen LogP contribution in [0, 0.1) is 5.92 Å². The Hall–Kier alpha value is -2.33. The van der Waals surface area contributed by atoms with Crippen molar-refractivity contribution in [2.45, 2.75) is 25.0 Å². The molecule has 1 amide bonds. The van der Waals surface area contributed by atoms with Gasteiger partial charge in [-0.1, -0.05) is 18.2 Å². The van der Waals surface area contributed by atoms with Gasteiger partial charge in [0.15, 0.2) is 0 Å². The van der Waals surface area contributed by atoms with Crippen molar-refractivity contribution in [3.05, 3.63) is 59.2 Å². The van der Waals surface area contributed by atoms with Gasteiger partial charge in [-0.05, 0) is 42.7 Å². The molecule has 0 unspecified atom stereocenters. The topological polar surface area (TPSA) is 38.8 Å². The van der Waals surface area contributed by atoms with Gasteiger partial charge in [0.2, 0.25) is 0 Å². The molecule has 4 nitrogen and oxygen atoms in total. The molecule has 3 aliphatic heterocycles. The molecule has 3 atom stereocenters. The molecule has 0 radical (unpaired) electrons. The van der Waals surface area contributed by atoms with E-state index in [4.69, 9.17) is 9.47 Å². The number of nitrogens with zero attached hydrogens (tertiary/aromatic N) is 1. The van der Waals surface area contributed by atoms with E-state index in [0.29, 0.717) is 5.92 Å². The minimum atomic E-state index is 0.0315. The Labute approximate surface area is 141 Å². The molecule has 0 aliphatic carbocycles. The van der Waals surface area contributed by atoms with Crippen LogP contribution in [-0.2, 0) is 4.74 Å². The van der Waals surface area contributed by atoms with Crippen LogP contribution in [0.25, 0.3) is 0 Å². The van der Waals surface area contributed by atoms with E-state index >= 15 is 0 Å². The molecule has 0 saturated carbocycles. The molecular weight excluding hydrogens is 302 g/mol. The summed E-state index contributed by atoms with van der Waals surface area (Å²) < 4.78 is 11.6. The van der Waals surface area contributed by atoms with Crippen molar-refractivity contribution in [2.75, 3.05) is 18.6 Å². The Morgan fingerprint density at radius 2 is 2.04 bits per heavy atom. The lowest BCUT2D eigenvalue weighted by molar-refractivity contribution is -0.0411. The van der Waals surface area contributed by atoms with Crippen LogP contribution in [-0.4, -0.2) is 19.6 Å². The second-order valence-electron chi connectivity index (χ2n) is 6.73.